The molecule has 1 aromatic carbocycles. The third kappa shape index (κ3) is 5.30. The summed E-state index contributed by atoms with van der Waals surface area (Å²) in [5.41, 5.74) is 4.35. The molecular weight excluding hydrogens is 272 g/mol. The SMILES string of the molecule is CC/C=C(\C)c1cc(C(=O)NCCN(CC)CC)ccc1C. The third-order valence-electron chi connectivity index (χ3n) is 4.04. The molecule has 0 fully saturated rings. The van der Waals surface area contributed by atoms with E-state index in [0.717, 1.165) is 31.6 Å². The first-order chi connectivity index (χ1) is 10.5. The number of carbonyl (C=O) groups excluding carboxylic acids is 1. The summed E-state index contributed by atoms with van der Waals surface area (Å²) in [5, 5.41) is 3.02. The second-order valence-electron chi connectivity index (χ2n) is 5.61. The van der Waals surface area contributed by atoms with E-state index in [2.05, 4.69) is 50.9 Å². The second kappa shape index (κ2) is 9.42. The highest BCUT2D eigenvalue weighted by atomic mass is 16.1. The molecule has 1 rings (SSSR count). The van der Waals surface area contributed by atoms with E-state index in [1.165, 1.54) is 16.7 Å². The van der Waals surface area contributed by atoms with Crippen molar-refractivity contribution in [3.63, 3.8) is 0 Å². The van der Waals surface area contributed by atoms with E-state index < -0.39 is 0 Å². The van der Waals surface area contributed by atoms with Crippen molar-refractivity contribution in [2.75, 3.05) is 26.2 Å². The van der Waals surface area contributed by atoms with Crippen LogP contribution in [0.4, 0.5) is 0 Å². The zero-order valence-corrected chi connectivity index (χ0v) is 14.7. The molecule has 1 amide bonds. The lowest BCUT2D eigenvalue weighted by atomic mass is 9.98. The van der Waals surface area contributed by atoms with Gasteiger partial charge in [0.05, 0.1) is 0 Å². The number of rotatable bonds is 8. The van der Waals surface area contributed by atoms with Gasteiger partial charge in [-0.05, 0) is 62.2 Å². The van der Waals surface area contributed by atoms with Gasteiger partial charge < -0.3 is 10.2 Å². The molecule has 0 spiro atoms. The van der Waals surface area contributed by atoms with Crippen LogP contribution in [0.25, 0.3) is 5.57 Å². The van der Waals surface area contributed by atoms with Crippen molar-refractivity contribution in [2.45, 2.75) is 41.0 Å². The molecule has 1 N–H and O–H groups in total. The summed E-state index contributed by atoms with van der Waals surface area (Å²) in [5.74, 6) is 0.0118. The Morgan fingerprint density at radius 2 is 1.91 bits per heavy atom. The lowest BCUT2D eigenvalue weighted by Crippen LogP contribution is -2.34. The Morgan fingerprint density at radius 3 is 2.50 bits per heavy atom. The van der Waals surface area contributed by atoms with Crippen molar-refractivity contribution in [1.82, 2.24) is 10.2 Å². The van der Waals surface area contributed by atoms with Gasteiger partial charge in [0.2, 0.25) is 0 Å². The zero-order valence-electron chi connectivity index (χ0n) is 14.7. The molecule has 0 heterocycles. The largest absolute Gasteiger partial charge is 0.351 e. The van der Waals surface area contributed by atoms with Gasteiger partial charge in [0.1, 0.15) is 0 Å². The molecule has 1 aromatic rings. The Labute approximate surface area is 135 Å². The van der Waals surface area contributed by atoms with E-state index in [1.54, 1.807) is 0 Å². The number of likely N-dealkylation sites (N-methyl/N-ethyl adjacent to an activating group) is 1. The minimum Gasteiger partial charge on any atom is -0.351 e. The van der Waals surface area contributed by atoms with E-state index in [0.29, 0.717) is 6.54 Å². The van der Waals surface area contributed by atoms with Crippen molar-refractivity contribution in [2.24, 2.45) is 0 Å². The van der Waals surface area contributed by atoms with Crippen LogP contribution >= 0.6 is 0 Å². The Kier molecular flexibility index (Phi) is 7.89. The maximum Gasteiger partial charge on any atom is 0.251 e. The van der Waals surface area contributed by atoms with Crippen LogP contribution in [0.15, 0.2) is 24.3 Å². The van der Waals surface area contributed by atoms with E-state index in [9.17, 15) is 4.79 Å². The summed E-state index contributed by atoms with van der Waals surface area (Å²) < 4.78 is 0. The van der Waals surface area contributed by atoms with Crippen molar-refractivity contribution >= 4 is 11.5 Å². The third-order valence-corrected chi connectivity index (χ3v) is 4.04. The lowest BCUT2D eigenvalue weighted by molar-refractivity contribution is 0.0949. The van der Waals surface area contributed by atoms with Crippen LogP contribution in [-0.4, -0.2) is 37.0 Å². The highest BCUT2D eigenvalue weighted by Crippen LogP contribution is 2.20. The Bertz CT molecular complexity index is 516. The van der Waals surface area contributed by atoms with Crippen LogP contribution in [0.5, 0.6) is 0 Å². The smallest absolute Gasteiger partial charge is 0.251 e. The summed E-state index contributed by atoms with van der Waals surface area (Å²) in [4.78, 5) is 14.6. The van der Waals surface area contributed by atoms with E-state index >= 15 is 0 Å². The molecule has 0 saturated heterocycles. The molecule has 22 heavy (non-hydrogen) atoms. The predicted octanol–water partition coefficient (Wildman–Crippen LogP) is 3.88. The van der Waals surface area contributed by atoms with Gasteiger partial charge in [-0.3, -0.25) is 4.79 Å². The van der Waals surface area contributed by atoms with Crippen molar-refractivity contribution in [3.8, 4) is 0 Å². The van der Waals surface area contributed by atoms with E-state index in [-0.39, 0.29) is 5.91 Å². The molecule has 3 heteroatoms. The normalized spacial score (nSPS) is 11.8. The first kappa shape index (κ1) is 18.4. The number of hydrogen-bond donors (Lipinski definition) is 1. The number of nitrogens with zero attached hydrogens (tertiary/aromatic N) is 1. The van der Waals surface area contributed by atoms with Crippen LogP contribution in [0.3, 0.4) is 0 Å². The minimum absolute atomic E-state index is 0.0118. The fourth-order valence-corrected chi connectivity index (χ4v) is 2.57. The van der Waals surface area contributed by atoms with Crippen LogP contribution in [0, 0.1) is 6.92 Å². The van der Waals surface area contributed by atoms with Gasteiger partial charge in [-0.2, -0.15) is 0 Å². The number of carbonyl (C=O) groups is 1. The van der Waals surface area contributed by atoms with Gasteiger partial charge in [-0.15, -0.1) is 0 Å². The van der Waals surface area contributed by atoms with Gasteiger partial charge in [0.25, 0.3) is 5.91 Å². The minimum atomic E-state index is 0.0118. The Balaban J connectivity index is 2.74. The van der Waals surface area contributed by atoms with Crippen LogP contribution in [-0.2, 0) is 0 Å². The van der Waals surface area contributed by atoms with E-state index in [1.807, 2.05) is 18.2 Å². The molecule has 0 aromatic heterocycles. The zero-order chi connectivity index (χ0) is 16.5. The molecule has 122 valence electrons. The standard InChI is InChI=1S/C19H30N2O/c1-6-9-15(4)18-14-17(11-10-16(18)5)19(22)20-12-13-21(7-2)8-3/h9-11,14H,6-8,12-13H2,1-5H3,(H,20,22)/b15-9+. The van der Waals surface area contributed by atoms with Crippen LogP contribution < -0.4 is 5.32 Å². The molecule has 0 unspecified atom stereocenters. The van der Waals surface area contributed by atoms with Crippen molar-refractivity contribution in [1.29, 1.82) is 0 Å². The quantitative estimate of drug-likeness (QED) is 0.790. The number of nitrogens with one attached hydrogen (secondary N) is 1. The highest BCUT2D eigenvalue weighted by Gasteiger charge is 2.09. The molecule has 0 saturated carbocycles. The van der Waals surface area contributed by atoms with Gasteiger partial charge in [0.15, 0.2) is 0 Å². The summed E-state index contributed by atoms with van der Waals surface area (Å²) in [6.07, 6.45) is 3.20. The van der Waals surface area contributed by atoms with Gasteiger partial charge in [0, 0.05) is 18.7 Å². The molecule has 0 bridgehead atoms. The maximum absolute atomic E-state index is 12.3. The highest BCUT2D eigenvalue weighted by molar-refractivity contribution is 5.95. The summed E-state index contributed by atoms with van der Waals surface area (Å²) in [6, 6.07) is 5.94. The van der Waals surface area contributed by atoms with Crippen LogP contribution in [0.1, 0.15) is 55.6 Å². The molecule has 0 radical (unpaired) electrons. The predicted molar refractivity (Wildman–Crippen MR) is 95.2 cm³/mol. The lowest BCUT2D eigenvalue weighted by Gasteiger charge is -2.18. The number of aryl methyl sites for hydroxylation is 1. The molecule has 3 nitrogen and oxygen atoms in total. The first-order valence-corrected chi connectivity index (χ1v) is 8.31. The Morgan fingerprint density at radius 1 is 1.23 bits per heavy atom. The average Bonchev–Trinajstić information content (AvgIpc) is 2.52. The number of benzene rings is 1. The molecule has 0 aliphatic heterocycles. The summed E-state index contributed by atoms with van der Waals surface area (Å²) in [7, 11) is 0. The fraction of sp³-hybridized carbons (Fsp3) is 0.526. The first-order valence-electron chi connectivity index (χ1n) is 8.31. The van der Waals surface area contributed by atoms with Gasteiger partial charge in [-0.1, -0.05) is 32.9 Å². The second-order valence-corrected chi connectivity index (χ2v) is 5.61. The molecule has 0 atom stereocenters. The monoisotopic (exact) mass is 302 g/mol. The number of hydrogen-bond acceptors (Lipinski definition) is 2. The van der Waals surface area contributed by atoms with Crippen molar-refractivity contribution < 1.29 is 4.79 Å². The molecule has 0 aliphatic carbocycles. The molecule has 0 aliphatic rings. The fourth-order valence-electron chi connectivity index (χ4n) is 2.57. The summed E-state index contributed by atoms with van der Waals surface area (Å²) in [6.45, 7) is 14.2. The number of allylic oxidation sites excluding steroid dienone is 2. The molecular formula is C19H30N2O. The maximum atomic E-state index is 12.3. The van der Waals surface area contributed by atoms with Crippen molar-refractivity contribution in [3.05, 3.63) is 41.0 Å². The number of amides is 1. The summed E-state index contributed by atoms with van der Waals surface area (Å²) >= 11 is 0. The average molecular weight is 302 g/mol. The van der Waals surface area contributed by atoms with E-state index in [4.69, 9.17) is 0 Å². The van der Waals surface area contributed by atoms with Crippen LogP contribution in [0.2, 0.25) is 0 Å². The van der Waals surface area contributed by atoms with Gasteiger partial charge in [-0.25, -0.2) is 0 Å². The van der Waals surface area contributed by atoms with Gasteiger partial charge >= 0.3 is 0 Å². The Hall–Kier alpha value is -1.61. The topological polar surface area (TPSA) is 32.3 Å².